The maximum absolute atomic E-state index is 12.6. The zero-order chi connectivity index (χ0) is 16.4. The summed E-state index contributed by atoms with van der Waals surface area (Å²) in [5.41, 5.74) is 1.72. The van der Waals surface area contributed by atoms with E-state index in [0.717, 1.165) is 12.8 Å². The van der Waals surface area contributed by atoms with Gasteiger partial charge < -0.3 is 9.64 Å². The van der Waals surface area contributed by atoms with Gasteiger partial charge in [0.25, 0.3) is 0 Å². The van der Waals surface area contributed by atoms with Gasteiger partial charge in [-0.1, -0.05) is 0 Å². The molecule has 22 heavy (non-hydrogen) atoms. The first-order valence-corrected chi connectivity index (χ1v) is 7.80. The topological polar surface area (TPSA) is 64.4 Å². The molecule has 2 atom stereocenters. The van der Waals surface area contributed by atoms with E-state index in [1.807, 2.05) is 4.90 Å². The van der Waals surface area contributed by atoms with E-state index in [0.29, 0.717) is 17.0 Å². The van der Waals surface area contributed by atoms with Gasteiger partial charge in [0.2, 0.25) is 5.91 Å². The highest BCUT2D eigenvalue weighted by Gasteiger charge is 2.30. The second kappa shape index (κ2) is 6.50. The maximum atomic E-state index is 12.6. The number of nitrogens with zero attached hydrogens (tertiary/aromatic N) is 3. The van der Waals surface area contributed by atoms with Crippen molar-refractivity contribution in [3.63, 3.8) is 0 Å². The summed E-state index contributed by atoms with van der Waals surface area (Å²) in [5, 5.41) is 4.33. The van der Waals surface area contributed by atoms with E-state index in [1.54, 1.807) is 18.5 Å². The third-order valence-corrected chi connectivity index (χ3v) is 4.54. The second-order valence-electron chi connectivity index (χ2n) is 6.13. The van der Waals surface area contributed by atoms with E-state index in [9.17, 15) is 9.59 Å². The summed E-state index contributed by atoms with van der Waals surface area (Å²) in [6.45, 7) is 7.90. The van der Waals surface area contributed by atoms with Crippen LogP contribution in [0.15, 0.2) is 0 Å². The first kappa shape index (κ1) is 16.5. The van der Waals surface area contributed by atoms with E-state index in [2.05, 4.69) is 18.9 Å². The van der Waals surface area contributed by atoms with Crippen LogP contribution in [0.4, 0.5) is 0 Å². The Morgan fingerprint density at radius 2 is 1.82 bits per heavy atom. The van der Waals surface area contributed by atoms with Crippen molar-refractivity contribution in [2.75, 3.05) is 7.11 Å². The predicted octanol–water partition coefficient (Wildman–Crippen LogP) is 2.08. The molecule has 1 aliphatic rings. The molecule has 0 N–H and O–H groups in total. The lowest BCUT2D eigenvalue weighted by Gasteiger charge is -2.39. The number of carbonyl (C=O) groups is 2. The molecule has 1 amide bonds. The lowest BCUT2D eigenvalue weighted by Crippen LogP contribution is -2.48. The molecule has 6 nitrogen and oxygen atoms in total. The van der Waals surface area contributed by atoms with Crippen LogP contribution in [-0.2, 0) is 16.1 Å². The number of esters is 1. The first-order chi connectivity index (χ1) is 10.4. The fourth-order valence-electron chi connectivity index (χ4n) is 3.37. The minimum absolute atomic E-state index is 0.0571. The highest BCUT2D eigenvalue weighted by atomic mass is 16.5. The fraction of sp³-hybridized carbons (Fsp3) is 0.688. The lowest BCUT2D eigenvalue weighted by atomic mass is 9.97. The zero-order valence-electron chi connectivity index (χ0n) is 14.0. The van der Waals surface area contributed by atoms with Crippen LogP contribution in [0.2, 0.25) is 0 Å². The van der Waals surface area contributed by atoms with Crippen molar-refractivity contribution in [2.45, 2.75) is 65.6 Å². The van der Waals surface area contributed by atoms with Crippen molar-refractivity contribution in [3.05, 3.63) is 17.0 Å². The monoisotopic (exact) mass is 307 g/mol. The molecule has 1 saturated heterocycles. The van der Waals surface area contributed by atoms with E-state index >= 15 is 0 Å². The van der Waals surface area contributed by atoms with Crippen LogP contribution in [0.1, 0.15) is 54.9 Å². The SMILES string of the molecule is COC(=O)c1c(C)nn(CC(=O)N2[C@@H](C)CCC[C@@H]2C)c1C. The number of hydrogen-bond donors (Lipinski definition) is 0. The molecule has 6 heteroatoms. The Morgan fingerprint density at radius 1 is 1.23 bits per heavy atom. The molecular formula is C16H25N3O3. The number of piperidine rings is 1. The largest absolute Gasteiger partial charge is 0.465 e. The number of aryl methyl sites for hydroxylation is 1. The van der Waals surface area contributed by atoms with Gasteiger partial charge in [-0.3, -0.25) is 9.48 Å². The van der Waals surface area contributed by atoms with Crippen molar-refractivity contribution >= 4 is 11.9 Å². The summed E-state index contributed by atoms with van der Waals surface area (Å²) in [6.07, 6.45) is 3.25. The number of likely N-dealkylation sites (tertiary alicyclic amines) is 1. The third-order valence-electron chi connectivity index (χ3n) is 4.54. The Balaban J connectivity index is 2.20. The molecule has 122 valence electrons. The summed E-state index contributed by atoms with van der Waals surface area (Å²) in [7, 11) is 1.35. The molecule has 1 aliphatic heterocycles. The summed E-state index contributed by atoms with van der Waals surface area (Å²) < 4.78 is 6.39. The van der Waals surface area contributed by atoms with Gasteiger partial charge in [-0.25, -0.2) is 4.79 Å². The van der Waals surface area contributed by atoms with Crippen LogP contribution in [-0.4, -0.2) is 45.8 Å². The van der Waals surface area contributed by atoms with Crippen molar-refractivity contribution in [1.29, 1.82) is 0 Å². The number of hydrogen-bond acceptors (Lipinski definition) is 4. The predicted molar refractivity (Wildman–Crippen MR) is 82.7 cm³/mol. The molecule has 0 aliphatic carbocycles. The average molecular weight is 307 g/mol. The quantitative estimate of drug-likeness (QED) is 0.802. The molecule has 0 aromatic carbocycles. The Hall–Kier alpha value is -1.85. The number of rotatable bonds is 3. The molecule has 0 saturated carbocycles. The smallest absolute Gasteiger partial charge is 0.341 e. The Kier molecular flexibility index (Phi) is 4.88. The molecule has 0 spiro atoms. The van der Waals surface area contributed by atoms with E-state index in [4.69, 9.17) is 4.74 Å². The van der Waals surface area contributed by atoms with Crippen LogP contribution in [0.25, 0.3) is 0 Å². The molecule has 2 heterocycles. The number of ether oxygens (including phenoxy) is 1. The number of methoxy groups -OCH3 is 1. The van der Waals surface area contributed by atoms with Gasteiger partial charge in [-0.2, -0.15) is 5.10 Å². The lowest BCUT2D eigenvalue weighted by molar-refractivity contribution is -0.138. The van der Waals surface area contributed by atoms with Gasteiger partial charge in [0, 0.05) is 12.1 Å². The van der Waals surface area contributed by atoms with Crippen molar-refractivity contribution < 1.29 is 14.3 Å². The van der Waals surface area contributed by atoms with E-state index in [1.165, 1.54) is 13.5 Å². The molecule has 1 aromatic heterocycles. The van der Waals surface area contributed by atoms with Crippen molar-refractivity contribution in [1.82, 2.24) is 14.7 Å². The normalized spacial score (nSPS) is 21.8. The Morgan fingerprint density at radius 3 is 2.36 bits per heavy atom. The molecule has 0 bridgehead atoms. The average Bonchev–Trinajstić information content (AvgIpc) is 2.72. The van der Waals surface area contributed by atoms with Gasteiger partial charge in [0.05, 0.1) is 18.5 Å². The van der Waals surface area contributed by atoms with Crippen LogP contribution in [0.3, 0.4) is 0 Å². The standard InChI is InChI=1S/C16H25N3O3/c1-10-7-6-8-11(2)19(10)14(20)9-18-13(4)15(12(3)17-18)16(21)22-5/h10-11H,6-9H2,1-5H3/t10-,11-/m0/s1. The van der Waals surface area contributed by atoms with Crippen LogP contribution < -0.4 is 0 Å². The van der Waals surface area contributed by atoms with E-state index in [-0.39, 0.29) is 24.5 Å². The Labute approximate surface area is 131 Å². The molecule has 2 rings (SSSR count). The number of carbonyl (C=O) groups excluding carboxylic acids is 2. The molecule has 1 aromatic rings. The fourth-order valence-corrected chi connectivity index (χ4v) is 3.37. The number of amides is 1. The third kappa shape index (κ3) is 3.00. The minimum atomic E-state index is -0.409. The highest BCUT2D eigenvalue weighted by molar-refractivity contribution is 5.92. The minimum Gasteiger partial charge on any atom is -0.465 e. The zero-order valence-corrected chi connectivity index (χ0v) is 14.0. The molecule has 1 fully saturated rings. The first-order valence-electron chi connectivity index (χ1n) is 7.80. The van der Waals surface area contributed by atoms with Gasteiger partial charge in [0.15, 0.2) is 0 Å². The molecule has 0 unspecified atom stereocenters. The van der Waals surface area contributed by atoms with Gasteiger partial charge in [-0.05, 0) is 47.0 Å². The van der Waals surface area contributed by atoms with Crippen LogP contribution in [0.5, 0.6) is 0 Å². The van der Waals surface area contributed by atoms with Crippen molar-refractivity contribution in [2.24, 2.45) is 0 Å². The molecule has 0 radical (unpaired) electrons. The van der Waals surface area contributed by atoms with Gasteiger partial charge in [-0.15, -0.1) is 0 Å². The van der Waals surface area contributed by atoms with Gasteiger partial charge in [0.1, 0.15) is 12.1 Å². The van der Waals surface area contributed by atoms with Crippen LogP contribution in [0, 0.1) is 13.8 Å². The Bertz CT molecular complexity index is 569. The summed E-state index contributed by atoms with van der Waals surface area (Å²) >= 11 is 0. The van der Waals surface area contributed by atoms with Gasteiger partial charge >= 0.3 is 5.97 Å². The second-order valence-corrected chi connectivity index (χ2v) is 6.13. The molecular weight excluding hydrogens is 282 g/mol. The summed E-state index contributed by atoms with van der Waals surface area (Å²) in [5.74, 6) is -0.352. The highest BCUT2D eigenvalue weighted by Crippen LogP contribution is 2.23. The maximum Gasteiger partial charge on any atom is 0.341 e. The summed E-state index contributed by atoms with van der Waals surface area (Å²) in [6, 6.07) is 0.515. The van der Waals surface area contributed by atoms with E-state index < -0.39 is 5.97 Å². The summed E-state index contributed by atoms with van der Waals surface area (Å²) in [4.78, 5) is 26.4. The van der Waals surface area contributed by atoms with Crippen molar-refractivity contribution in [3.8, 4) is 0 Å². The van der Waals surface area contributed by atoms with Crippen LogP contribution >= 0.6 is 0 Å². The number of aromatic nitrogens is 2.